The zero-order chi connectivity index (χ0) is 16.3. The highest BCUT2D eigenvalue weighted by Crippen LogP contribution is 2.25. The third-order valence-corrected chi connectivity index (χ3v) is 3.24. The maximum absolute atomic E-state index is 12.4. The molecule has 2 rings (SSSR count). The Bertz CT molecular complexity index is 727. The van der Waals surface area contributed by atoms with Gasteiger partial charge in [0.2, 0.25) is 0 Å². The molecule has 0 saturated carbocycles. The third-order valence-electron chi connectivity index (χ3n) is 3.24. The quantitative estimate of drug-likeness (QED) is 0.754. The Morgan fingerprint density at radius 3 is 2.68 bits per heavy atom. The number of nitrogens with zero attached hydrogens (tertiary/aromatic N) is 1. The third kappa shape index (κ3) is 2.99. The van der Waals surface area contributed by atoms with E-state index in [0.29, 0.717) is 10.9 Å². The fourth-order valence-electron chi connectivity index (χ4n) is 1.93. The number of benzene rings is 1. The maximum atomic E-state index is 12.4. The first-order valence-electron chi connectivity index (χ1n) is 6.52. The van der Waals surface area contributed by atoms with Gasteiger partial charge in [-0.2, -0.15) is 0 Å². The lowest BCUT2D eigenvalue weighted by Crippen LogP contribution is -2.46. The summed E-state index contributed by atoms with van der Waals surface area (Å²) in [6.07, 6.45) is 1.42. The standard InChI is InChI=1S/C15H16N2O5/c1-15(21,14(19)20)8-17-13(18)12-9-5-3-4-6-10(9)16-7-11(12)22-2/h3-7,21H,8H2,1-2H3,(H,17,18)(H,19,20). The smallest absolute Gasteiger partial charge is 0.337 e. The van der Waals surface area contributed by atoms with Gasteiger partial charge < -0.3 is 20.3 Å². The monoisotopic (exact) mass is 304 g/mol. The molecule has 0 aliphatic carbocycles. The van der Waals surface area contributed by atoms with Crippen molar-refractivity contribution in [3.63, 3.8) is 0 Å². The molecule has 116 valence electrons. The molecule has 0 bridgehead atoms. The average Bonchev–Trinajstić information content (AvgIpc) is 2.51. The molecule has 7 nitrogen and oxygen atoms in total. The molecule has 0 aliphatic rings. The molecule has 1 amide bonds. The number of carboxylic acid groups (broad SMARTS) is 1. The summed E-state index contributed by atoms with van der Waals surface area (Å²) < 4.78 is 5.15. The zero-order valence-electron chi connectivity index (χ0n) is 12.2. The number of pyridine rings is 1. The first-order valence-corrected chi connectivity index (χ1v) is 6.52. The van der Waals surface area contributed by atoms with Crippen LogP contribution in [0.15, 0.2) is 30.5 Å². The van der Waals surface area contributed by atoms with Crippen LogP contribution in [0.2, 0.25) is 0 Å². The fourth-order valence-corrected chi connectivity index (χ4v) is 1.93. The van der Waals surface area contributed by atoms with E-state index in [0.717, 1.165) is 6.92 Å². The van der Waals surface area contributed by atoms with Gasteiger partial charge in [0.1, 0.15) is 0 Å². The summed E-state index contributed by atoms with van der Waals surface area (Å²) in [6, 6.07) is 7.01. The summed E-state index contributed by atoms with van der Waals surface area (Å²) in [5, 5.41) is 21.5. The number of hydrogen-bond acceptors (Lipinski definition) is 5. The van der Waals surface area contributed by atoms with E-state index >= 15 is 0 Å². The number of amides is 1. The van der Waals surface area contributed by atoms with Gasteiger partial charge in [0.15, 0.2) is 11.4 Å². The second-order valence-corrected chi connectivity index (χ2v) is 4.98. The van der Waals surface area contributed by atoms with Crippen LogP contribution in [0.25, 0.3) is 10.9 Å². The van der Waals surface area contributed by atoms with Gasteiger partial charge in [0, 0.05) is 5.39 Å². The van der Waals surface area contributed by atoms with Gasteiger partial charge in [0.05, 0.1) is 30.9 Å². The molecule has 0 spiro atoms. The number of methoxy groups -OCH3 is 1. The molecule has 2 aromatic rings. The number of carbonyl (C=O) groups is 2. The minimum absolute atomic E-state index is 0.245. The molecule has 1 aromatic heterocycles. The summed E-state index contributed by atoms with van der Waals surface area (Å²) in [6.45, 7) is 0.679. The lowest BCUT2D eigenvalue weighted by atomic mass is 10.1. The molecule has 22 heavy (non-hydrogen) atoms. The van der Waals surface area contributed by atoms with Gasteiger partial charge in [-0.3, -0.25) is 9.78 Å². The van der Waals surface area contributed by atoms with Crippen molar-refractivity contribution in [1.82, 2.24) is 10.3 Å². The van der Waals surface area contributed by atoms with Crippen molar-refractivity contribution in [2.24, 2.45) is 0 Å². The summed E-state index contributed by atoms with van der Waals surface area (Å²) >= 11 is 0. The maximum Gasteiger partial charge on any atom is 0.337 e. The van der Waals surface area contributed by atoms with Crippen LogP contribution in [0, 0.1) is 0 Å². The fraction of sp³-hybridized carbons (Fsp3) is 0.267. The largest absolute Gasteiger partial charge is 0.494 e. The van der Waals surface area contributed by atoms with Crippen LogP contribution in [0.5, 0.6) is 5.75 Å². The highest BCUT2D eigenvalue weighted by molar-refractivity contribution is 6.08. The van der Waals surface area contributed by atoms with Crippen molar-refractivity contribution in [3.05, 3.63) is 36.0 Å². The zero-order valence-corrected chi connectivity index (χ0v) is 12.2. The van der Waals surface area contributed by atoms with Gasteiger partial charge in [0.25, 0.3) is 5.91 Å². The molecule has 7 heteroatoms. The number of nitrogens with one attached hydrogen (secondary N) is 1. The molecule has 1 aromatic carbocycles. The summed E-state index contributed by atoms with van der Waals surface area (Å²) in [5.41, 5.74) is -1.20. The highest BCUT2D eigenvalue weighted by atomic mass is 16.5. The van der Waals surface area contributed by atoms with Crippen molar-refractivity contribution in [1.29, 1.82) is 0 Å². The van der Waals surface area contributed by atoms with Crippen molar-refractivity contribution in [2.45, 2.75) is 12.5 Å². The van der Waals surface area contributed by atoms with Crippen LogP contribution in [-0.4, -0.2) is 46.3 Å². The number of aliphatic carboxylic acids is 1. The predicted octanol–water partition coefficient (Wildman–Crippen LogP) is 0.809. The number of hydrogen-bond donors (Lipinski definition) is 3. The van der Waals surface area contributed by atoms with Gasteiger partial charge >= 0.3 is 5.97 Å². The van der Waals surface area contributed by atoms with E-state index in [4.69, 9.17) is 9.84 Å². The van der Waals surface area contributed by atoms with Crippen LogP contribution in [0.3, 0.4) is 0 Å². The molecule has 0 aliphatic heterocycles. The molecule has 3 N–H and O–H groups in total. The molecule has 0 saturated heterocycles. The van der Waals surface area contributed by atoms with E-state index in [9.17, 15) is 14.7 Å². The van der Waals surface area contributed by atoms with Gasteiger partial charge in [-0.15, -0.1) is 0 Å². The lowest BCUT2D eigenvalue weighted by Gasteiger charge is -2.19. The normalized spacial score (nSPS) is 13.4. The Labute approximate surface area is 126 Å². The van der Waals surface area contributed by atoms with Crippen molar-refractivity contribution >= 4 is 22.8 Å². The van der Waals surface area contributed by atoms with Crippen LogP contribution >= 0.6 is 0 Å². The molecule has 0 fully saturated rings. The lowest BCUT2D eigenvalue weighted by molar-refractivity contribution is -0.155. The van der Waals surface area contributed by atoms with Crippen LogP contribution in [0.4, 0.5) is 0 Å². The average molecular weight is 304 g/mol. The van der Waals surface area contributed by atoms with E-state index in [2.05, 4.69) is 10.3 Å². The first kappa shape index (κ1) is 15.7. The van der Waals surface area contributed by atoms with E-state index < -0.39 is 24.0 Å². The van der Waals surface area contributed by atoms with E-state index in [1.165, 1.54) is 13.3 Å². The van der Waals surface area contributed by atoms with Crippen LogP contribution in [0.1, 0.15) is 17.3 Å². The number of aliphatic hydroxyl groups is 1. The number of carboxylic acids is 1. The minimum Gasteiger partial charge on any atom is -0.494 e. The summed E-state index contributed by atoms with van der Waals surface area (Å²) in [5.74, 6) is -1.69. The Morgan fingerprint density at radius 1 is 1.36 bits per heavy atom. The summed E-state index contributed by atoms with van der Waals surface area (Å²) in [7, 11) is 1.41. The Kier molecular flexibility index (Phi) is 4.27. The molecule has 1 atom stereocenters. The molecular weight excluding hydrogens is 288 g/mol. The number of carbonyl (C=O) groups excluding carboxylic acids is 1. The van der Waals surface area contributed by atoms with Crippen LogP contribution < -0.4 is 10.1 Å². The molecule has 1 unspecified atom stereocenters. The number of aromatic nitrogens is 1. The Morgan fingerprint density at radius 2 is 2.05 bits per heavy atom. The van der Waals surface area contributed by atoms with Gasteiger partial charge in [-0.25, -0.2) is 4.79 Å². The van der Waals surface area contributed by atoms with E-state index in [-0.39, 0.29) is 11.3 Å². The second kappa shape index (κ2) is 5.98. The number of rotatable bonds is 5. The topological polar surface area (TPSA) is 109 Å². The number of para-hydroxylation sites is 1. The first-order chi connectivity index (χ1) is 10.4. The van der Waals surface area contributed by atoms with E-state index in [1.807, 2.05) is 0 Å². The van der Waals surface area contributed by atoms with Gasteiger partial charge in [-0.1, -0.05) is 18.2 Å². The van der Waals surface area contributed by atoms with Crippen molar-refractivity contribution < 1.29 is 24.5 Å². The van der Waals surface area contributed by atoms with Crippen molar-refractivity contribution in [3.8, 4) is 5.75 Å². The van der Waals surface area contributed by atoms with E-state index in [1.54, 1.807) is 24.3 Å². The predicted molar refractivity (Wildman–Crippen MR) is 78.9 cm³/mol. The minimum atomic E-state index is -2.05. The van der Waals surface area contributed by atoms with Crippen LogP contribution in [-0.2, 0) is 4.79 Å². The number of ether oxygens (including phenoxy) is 1. The highest BCUT2D eigenvalue weighted by Gasteiger charge is 2.31. The molecule has 1 heterocycles. The summed E-state index contributed by atoms with van der Waals surface area (Å²) in [4.78, 5) is 27.4. The molecular formula is C15H16N2O5. The molecule has 0 radical (unpaired) electrons. The Balaban J connectivity index is 2.37. The Hall–Kier alpha value is -2.67. The second-order valence-electron chi connectivity index (χ2n) is 4.98. The number of fused-ring (bicyclic) bond motifs is 1. The van der Waals surface area contributed by atoms with Crippen molar-refractivity contribution in [2.75, 3.05) is 13.7 Å². The SMILES string of the molecule is COc1cnc2ccccc2c1C(=O)NCC(C)(O)C(=O)O. The van der Waals surface area contributed by atoms with Gasteiger partial charge in [-0.05, 0) is 13.0 Å².